The van der Waals surface area contributed by atoms with Gasteiger partial charge in [0.1, 0.15) is 6.10 Å². The maximum absolute atomic E-state index is 6.90. The SMILES string of the molecule is CC1(C)CCC[C@]2(C)[C@@H]1CC[C@]1(C)O[C@H](CO[Si](C)(C)C(C)(C)C)C(I)=C[C@@H]21. The van der Waals surface area contributed by atoms with Gasteiger partial charge >= 0.3 is 0 Å². The molecule has 2 nitrogen and oxygen atoms in total. The molecule has 2 aliphatic carbocycles. The van der Waals surface area contributed by atoms with Crippen LogP contribution in [0.1, 0.15) is 80.6 Å². The number of hydrogen-bond acceptors (Lipinski definition) is 2. The maximum Gasteiger partial charge on any atom is 0.192 e. The summed E-state index contributed by atoms with van der Waals surface area (Å²) >= 11 is 2.54. The average molecular weight is 519 g/mol. The van der Waals surface area contributed by atoms with Crippen LogP contribution in [0.5, 0.6) is 0 Å². The Balaban J connectivity index is 1.83. The minimum atomic E-state index is -1.76. The van der Waals surface area contributed by atoms with E-state index >= 15 is 0 Å². The summed E-state index contributed by atoms with van der Waals surface area (Å²) in [5.74, 6) is 1.32. The summed E-state index contributed by atoms with van der Waals surface area (Å²) in [4.78, 5) is 0. The van der Waals surface area contributed by atoms with Gasteiger partial charge in [0, 0.05) is 9.50 Å². The molecule has 0 amide bonds. The monoisotopic (exact) mass is 518 g/mol. The van der Waals surface area contributed by atoms with Gasteiger partial charge in [-0.1, -0.05) is 54.0 Å². The highest BCUT2D eigenvalue weighted by molar-refractivity contribution is 14.1. The Morgan fingerprint density at radius 1 is 1.14 bits per heavy atom. The molecular weight excluding hydrogens is 475 g/mol. The smallest absolute Gasteiger partial charge is 0.192 e. The lowest BCUT2D eigenvalue weighted by molar-refractivity contribution is -0.199. The summed E-state index contributed by atoms with van der Waals surface area (Å²) in [6.45, 7) is 22.3. The zero-order valence-electron chi connectivity index (χ0n) is 19.7. The molecule has 0 aromatic heterocycles. The van der Waals surface area contributed by atoms with Crippen LogP contribution in [0.3, 0.4) is 0 Å². The quantitative estimate of drug-likeness (QED) is 0.281. The normalized spacial score (nSPS) is 41.1. The van der Waals surface area contributed by atoms with E-state index in [4.69, 9.17) is 9.16 Å². The van der Waals surface area contributed by atoms with E-state index in [0.717, 1.165) is 5.92 Å². The molecule has 0 saturated heterocycles. The first-order chi connectivity index (χ1) is 12.6. The van der Waals surface area contributed by atoms with E-state index in [1.807, 2.05) is 0 Å². The molecule has 5 atom stereocenters. The molecule has 162 valence electrons. The third-order valence-electron chi connectivity index (χ3n) is 9.02. The molecule has 0 spiro atoms. The van der Waals surface area contributed by atoms with Gasteiger partial charge in [0.25, 0.3) is 0 Å². The number of hydrogen-bond donors (Lipinski definition) is 0. The topological polar surface area (TPSA) is 18.5 Å². The van der Waals surface area contributed by atoms with E-state index in [0.29, 0.717) is 23.4 Å². The molecule has 0 aromatic carbocycles. The highest BCUT2D eigenvalue weighted by Gasteiger charge is 2.60. The lowest BCUT2D eigenvalue weighted by Crippen LogP contribution is -2.60. The van der Waals surface area contributed by atoms with Crippen LogP contribution in [0, 0.1) is 22.7 Å². The van der Waals surface area contributed by atoms with E-state index in [-0.39, 0.29) is 16.7 Å². The summed E-state index contributed by atoms with van der Waals surface area (Å²) in [5.41, 5.74) is 0.765. The molecule has 4 heteroatoms. The molecule has 0 radical (unpaired) electrons. The van der Waals surface area contributed by atoms with Crippen molar-refractivity contribution in [2.24, 2.45) is 22.7 Å². The van der Waals surface area contributed by atoms with Crippen molar-refractivity contribution in [3.63, 3.8) is 0 Å². The Kier molecular flexibility index (Phi) is 6.10. The van der Waals surface area contributed by atoms with Crippen LogP contribution >= 0.6 is 22.6 Å². The number of halogens is 1. The fraction of sp³-hybridized carbons (Fsp3) is 0.917. The molecule has 0 aromatic rings. The zero-order chi connectivity index (χ0) is 21.2. The Hall–Kier alpha value is 0.607. The van der Waals surface area contributed by atoms with Crippen LogP contribution in [0.2, 0.25) is 18.1 Å². The van der Waals surface area contributed by atoms with Crippen LogP contribution in [-0.2, 0) is 9.16 Å². The Morgan fingerprint density at radius 2 is 1.79 bits per heavy atom. The lowest BCUT2D eigenvalue weighted by Gasteiger charge is -2.63. The van der Waals surface area contributed by atoms with Gasteiger partial charge in [0.2, 0.25) is 0 Å². The second-order valence-corrected chi connectivity index (χ2v) is 18.5. The van der Waals surface area contributed by atoms with E-state index in [9.17, 15) is 0 Å². The first-order valence-electron chi connectivity index (χ1n) is 11.3. The van der Waals surface area contributed by atoms with Crippen molar-refractivity contribution in [3.05, 3.63) is 9.66 Å². The second kappa shape index (κ2) is 7.34. The van der Waals surface area contributed by atoms with Gasteiger partial charge in [-0.3, -0.25) is 0 Å². The van der Waals surface area contributed by atoms with Crippen LogP contribution in [0.15, 0.2) is 9.66 Å². The highest BCUT2D eigenvalue weighted by atomic mass is 127. The molecule has 0 unspecified atom stereocenters. The van der Waals surface area contributed by atoms with Crippen molar-refractivity contribution in [2.75, 3.05) is 6.61 Å². The molecule has 2 fully saturated rings. The van der Waals surface area contributed by atoms with Crippen LogP contribution in [0.4, 0.5) is 0 Å². The molecule has 1 heterocycles. The number of fused-ring (bicyclic) bond motifs is 3. The van der Waals surface area contributed by atoms with E-state index in [2.05, 4.69) is 90.2 Å². The molecule has 3 aliphatic rings. The van der Waals surface area contributed by atoms with Crippen molar-refractivity contribution < 1.29 is 9.16 Å². The Morgan fingerprint density at radius 3 is 2.39 bits per heavy atom. The molecule has 0 bridgehead atoms. The average Bonchev–Trinajstić information content (AvgIpc) is 2.52. The summed E-state index contributed by atoms with van der Waals surface area (Å²) in [6.07, 6.45) is 9.26. The molecule has 2 saturated carbocycles. The largest absolute Gasteiger partial charge is 0.414 e. The third kappa shape index (κ3) is 3.93. The molecular formula is C24H43IO2Si. The maximum atomic E-state index is 6.90. The van der Waals surface area contributed by atoms with Gasteiger partial charge in [0.15, 0.2) is 8.32 Å². The van der Waals surface area contributed by atoms with Crippen molar-refractivity contribution >= 4 is 30.9 Å². The van der Waals surface area contributed by atoms with E-state index in [1.54, 1.807) is 0 Å². The summed E-state index contributed by atoms with van der Waals surface area (Å²) < 4.78 is 14.8. The minimum Gasteiger partial charge on any atom is -0.414 e. The highest BCUT2D eigenvalue weighted by Crippen LogP contribution is 2.64. The number of rotatable bonds is 3. The van der Waals surface area contributed by atoms with Gasteiger partial charge in [-0.2, -0.15) is 0 Å². The predicted octanol–water partition coefficient (Wildman–Crippen LogP) is 7.73. The van der Waals surface area contributed by atoms with E-state index < -0.39 is 8.32 Å². The predicted molar refractivity (Wildman–Crippen MR) is 130 cm³/mol. The van der Waals surface area contributed by atoms with Crippen molar-refractivity contribution in [1.82, 2.24) is 0 Å². The molecule has 28 heavy (non-hydrogen) atoms. The van der Waals surface area contributed by atoms with Gasteiger partial charge < -0.3 is 9.16 Å². The zero-order valence-corrected chi connectivity index (χ0v) is 22.9. The Labute approximate surface area is 188 Å². The lowest BCUT2D eigenvalue weighted by atomic mass is 9.45. The third-order valence-corrected chi connectivity index (χ3v) is 14.6. The molecule has 3 rings (SSSR count). The molecule has 0 N–H and O–H groups in total. The van der Waals surface area contributed by atoms with Gasteiger partial charge in [0.05, 0.1) is 12.2 Å². The second-order valence-electron chi connectivity index (χ2n) is 12.5. The first kappa shape index (κ1) is 23.3. The molecule has 1 aliphatic heterocycles. The fourth-order valence-electron chi connectivity index (χ4n) is 6.30. The first-order valence-corrected chi connectivity index (χ1v) is 15.3. The van der Waals surface area contributed by atoms with Gasteiger partial charge in [-0.15, -0.1) is 0 Å². The van der Waals surface area contributed by atoms with Crippen molar-refractivity contribution in [1.29, 1.82) is 0 Å². The van der Waals surface area contributed by atoms with Crippen molar-refractivity contribution in [3.8, 4) is 0 Å². The van der Waals surface area contributed by atoms with E-state index in [1.165, 1.54) is 35.7 Å². The van der Waals surface area contributed by atoms with Crippen molar-refractivity contribution in [2.45, 2.75) is 110 Å². The Bertz CT molecular complexity index is 635. The standard InChI is InChI=1S/C24H43IO2Si/c1-21(2,3)28(8,9)26-16-18-17(25)15-20-23(6)13-10-12-22(4,5)19(23)11-14-24(20,7)27-18/h15,18-20H,10-14,16H2,1-9H3/t18-,19-,20+,23-,24+/m1/s1. The van der Waals surface area contributed by atoms with Crippen LogP contribution in [-0.4, -0.2) is 26.6 Å². The van der Waals surface area contributed by atoms with Gasteiger partial charge in [-0.05, 0) is 90.1 Å². The van der Waals surface area contributed by atoms with Crippen LogP contribution < -0.4 is 0 Å². The number of ether oxygens (including phenoxy) is 1. The summed E-state index contributed by atoms with van der Waals surface area (Å²) in [6, 6.07) is 0. The summed E-state index contributed by atoms with van der Waals surface area (Å²) in [5, 5.41) is 0.239. The minimum absolute atomic E-state index is 0.0468. The van der Waals surface area contributed by atoms with Gasteiger partial charge in [-0.25, -0.2) is 0 Å². The van der Waals surface area contributed by atoms with Crippen LogP contribution in [0.25, 0.3) is 0 Å². The fourth-order valence-corrected chi connectivity index (χ4v) is 7.97. The summed E-state index contributed by atoms with van der Waals surface area (Å²) in [7, 11) is -1.76.